The molecule has 6 heteroatoms. The molecule has 0 aliphatic rings. The molecule has 1 aromatic heterocycles. The molecule has 1 aromatic carbocycles. The summed E-state index contributed by atoms with van der Waals surface area (Å²) in [6.07, 6.45) is 0.577. The molecular formula is C13H14N2O4. The molecule has 0 bridgehead atoms. The number of nitrogens with zero attached hydrogens (tertiary/aromatic N) is 1. The first kappa shape index (κ1) is 14.4. The molecule has 0 aliphatic heterocycles. The predicted molar refractivity (Wildman–Crippen MR) is 69.8 cm³/mol. The summed E-state index contributed by atoms with van der Waals surface area (Å²) in [5.41, 5.74) is 1.17. The standard InChI is InChI=1S/C11H10N2O2.C2H4O2/c1-8-10(7-14)11(15)13(12-8)9-5-3-2-4-6-9;1-2(3)4/h2-7,12H,1H3;1H3,(H,3,4). The number of carbonyl (C=O) groups is 2. The lowest BCUT2D eigenvalue weighted by Gasteiger charge is -1.99. The summed E-state index contributed by atoms with van der Waals surface area (Å²) in [6, 6.07) is 9.12. The molecule has 19 heavy (non-hydrogen) atoms. The summed E-state index contributed by atoms with van der Waals surface area (Å²) in [4.78, 5) is 31.4. The zero-order chi connectivity index (χ0) is 14.4. The summed E-state index contributed by atoms with van der Waals surface area (Å²) in [5.74, 6) is -0.833. The average Bonchev–Trinajstić information content (AvgIpc) is 2.65. The first-order chi connectivity index (χ1) is 8.97. The molecule has 0 radical (unpaired) electrons. The second-order valence-electron chi connectivity index (χ2n) is 3.76. The molecule has 100 valence electrons. The van der Waals surface area contributed by atoms with E-state index in [0.717, 1.165) is 12.6 Å². The number of hydrogen-bond acceptors (Lipinski definition) is 3. The van der Waals surface area contributed by atoms with Gasteiger partial charge in [0.05, 0.1) is 5.69 Å². The highest BCUT2D eigenvalue weighted by Crippen LogP contribution is 2.04. The number of hydrogen-bond donors (Lipinski definition) is 2. The van der Waals surface area contributed by atoms with Crippen LogP contribution in [0.15, 0.2) is 35.1 Å². The number of para-hydroxylation sites is 1. The van der Waals surface area contributed by atoms with Crippen molar-refractivity contribution in [1.29, 1.82) is 0 Å². The van der Waals surface area contributed by atoms with Crippen LogP contribution in [0.3, 0.4) is 0 Å². The van der Waals surface area contributed by atoms with Crippen molar-refractivity contribution >= 4 is 12.3 Å². The zero-order valence-corrected chi connectivity index (χ0v) is 10.6. The van der Waals surface area contributed by atoms with Crippen LogP contribution < -0.4 is 5.56 Å². The smallest absolute Gasteiger partial charge is 0.300 e. The van der Waals surface area contributed by atoms with Crippen LogP contribution in [0, 0.1) is 6.92 Å². The zero-order valence-electron chi connectivity index (χ0n) is 10.6. The van der Waals surface area contributed by atoms with Gasteiger partial charge in [0.25, 0.3) is 11.5 Å². The van der Waals surface area contributed by atoms with Crippen molar-refractivity contribution in [2.45, 2.75) is 13.8 Å². The summed E-state index contributed by atoms with van der Waals surface area (Å²) >= 11 is 0. The second kappa shape index (κ2) is 6.34. The van der Waals surface area contributed by atoms with Gasteiger partial charge >= 0.3 is 0 Å². The quantitative estimate of drug-likeness (QED) is 0.800. The van der Waals surface area contributed by atoms with E-state index < -0.39 is 5.97 Å². The maximum Gasteiger partial charge on any atom is 0.300 e. The summed E-state index contributed by atoms with van der Waals surface area (Å²) in [5, 5.41) is 10.3. The lowest BCUT2D eigenvalue weighted by molar-refractivity contribution is -0.134. The molecular weight excluding hydrogens is 248 g/mol. The number of nitrogens with one attached hydrogen (secondary N) is 1. The Morgan fingerprint density at radius 1 is 1.32 bits per heavy atom. The van der Waals surface area contributed by atoms with E-state index in [-0.39, 0.29) is 11.1 Å². The van der Waals surface area contributed by atoms with Crippen LogP contribution in [0.1, 0.15) is 23.0 Å². The number of carboxylic acid groups (broad SMARTS) is 1. The number of aliphatic carboxylic acids is 1. The van der Waals surface area contributed by atoms with Gasteiger partial charge in [-0.25, -0.2) is 4.68 Å². The van der Waals surface area contributed by atoms with E-state index in [2.05, 4.69) is 5.10 Å². The second-order valence-corrected chi connectivity index (χ2v) is 3.76. The highest BCUT2D eigenvalue weighted by molar-refractivity contribution is 5.75. The van der Waals surface area contributed by atoms with Crippen LogP contribution in [-0.2, 0) is 4.79 Å². The molecule has 0 fully saturated rings. The van der Waals surface area contributed by atoms with E-state index in [1.807, 2.05) is 18.2 Å². The average molecular weight is 262 g/mol. The minimum Gasteiger partial charge on any atom is -0.481 e. The first-order valence-corrected chi connectivity index (χ1v) is 5.49. The number of aromatic nitrogens is 2. The molecule has 0 atom stereocenters. The van der Waals surface area contributed by atoms with Gasteiger partial charge < -0.3 is 5.11 Å². The lowest BCUT2D eigenvalue weighted by Crippen LogP contribution is -2.16. The van der Waals surface area contributed by atoms with Crippen molar-refractivity contribution < 1.29 is 14.7 Å². The molecule has 2 N–H and O–H groups in total. The maximum absolute atomic E-state index is 11.7. The predicted octanol–water partition coefficient (Wildman–Crippen LogP) is 1.38. The third-order valence-electron chi connectivity index (χ3n) is 2.25. The third-order valence-corrected chi connectivity index (χ3v) is 2.25. The highest BCUT2D eigenvalue weighted by atomic mass is 16.4. The van der Waals surface area contributed by atoms with Crippen LogP contribution in [0.25, 0.3) is 5.69 Å². The van der Waals surface area contributed by atoms with E-state index in [4.69, 9.17) is 9.90 Å². The van der Waals surface area contributed by atoms with Gasteiger partial charge in [0.15, 0.2) is 6.29 Å². The Balaban J connectivity index is 0.000000399. The van der Waals surface area contributed by atoms with Crippen molar-refractivity contribution in [2.75, 3.05) is 0 Å². The SMILES string of the molecule is CC(=O)O.Cc1[nH]n(-c2ccccc2)c(=O)c1C=O. The van der Waals surface area contributed by atoms with Gasteiger partial charge in [-0.3, -0.25) is 19.5 Å². The number of carboxylic acids is 1. The molecule has 2 rings (SSSR count). The molecule has 0 saturated carbocycles. The largest absolute Gasteiger partial charge is 0.481 e. The van der Waals surface area contributed by atoms with Crippen LogP contribution in [0.4, 0.5) is 0 Å². The van der Waals surface area contributed by atoms with Gasteiger partial charge in [-0.1, -0.05) is 18.2 Å². The van der Waals surface area contributed by atoms with E-state index in [9.17, 15) is 9.59 Å². The number of aldehydes is 1. The lowest BCUT2D eigenvalue weighted by atomic mass is 10.3. The molecule has 1 heterocycles. The van der Waals surface area contributed by atoms with Gasteiger partial charge in [0, 0.05) is 12.6 Å². The van der Waals surface area contributed by atoms with Gasteiger partial charge in [-0.2, -0.15) is 0 Å². The summed E-state index contributed by atoms with van der Waals surface area (Å²) in [6.45, 7) is 2.78. The Hall–Kier alpha value is -2.63. The topological polar surface area (TPSA) is 92.2 Å². The van der Waals surface area contributed by atoms with Crippen molar-refractivity contribution in [2.24, 2.45) is 0 Å². The fourth-order valence-corrected chi connectivity index (χ4v) is 1.46. The monoisotopic (exact) mass is 262 g/mol. The Morgan fingerprint density at radius 3 is 2.26 bits per heavy atom. The van der Waals surface area contributed by atoms with Crippen molar-refractivity contribution in [1.82, 2.24) is 9.78 Å². The van der Waals surface area contributed by atoms with Gasteiger partial charge in [-0.15, -0.1) is 0 Å². The Labute approximate surface area is 109 Å². The minimum atomic E-state index is -0.833. The van der Waals surface area contributed by atoms with Gasteiger partial charge in [0.1, 0.15) is 5.56 Å². The molecule has 6 nitrogen and oxygen atoms in total. The number of benzene rings is 1. The van der Waals surface area contributed by atoms with Crippen LogP contribution in [-0.4, -0.2) is 27.1 Å². The van der Waals surface area contributed by atoms with Crippen molar-refractivity contribution in [3.63, 3.8) is 0 Å². The molecule has 0 amide bonds. The fourth-order valence-electron chi connectivity index (χ4n) is 1.46. The van der Waals surface area contributed by atoms with Gasteiger partial charge in [-0.05, 0) is 19.1 Å². The molecule has 0 aliphatic carbocycles. The minimum absolute atomic E-state index is 0.179. The molecule has 2 aromatic rings. The number of aryl methyl sites for hydroxylation is 1. The molecule has 0 spiro atoms. The number of aromatic amines is 1. The van der Waals surface area contributed by atoms with E-state index >= 15 is 0 Å². The number of rotatable bonds is 2. The first-order valence-electron chi connectivity index (χ1n) is 5.49. The Kier molecular flexibility index (Phi) is 4.82. The van der Waals surface area contributed by atoms with Crippen LogP contribution >= 0.6 is 0 Å². The van der Waals surface area contributed by atoms with Gasteiger partial charge in [0.2, 0.25) is 0 Å². The number of H-pyrrole nitrogens is 1. The molecule has 0 unspecified atom stereocenters. The summed E-state index contributed by atoms with van der Waals surface area (Å²) < 4.78 is 1.36. The normalized spacial score (nSPS) is 9.37. The Bertz CT molecular complexity index is 622. The van der Waals surface area contributed by atoms with Crippen molar-refractivity contribution in [3.8, 4) is 5.69 Å². The number of carbonyl (C=O) groups excluding carboxylic acids is 1. The van der Waals surface area contributed by atoms with Crippen LogP contribution in [0.5, 0.6) is 0 Å². The highest BCUT2D eigenvalue weighted by Gasteiger charge is 2.10. The van der Waals surface area contributed by atoms with E-state index in [1.165, 1.54) is 4.68 Å². The van der Waals surface area contributed by atoms with Crippen molar-refractivity contribution in [3.05, 3.63) is 51.9 Å². The van der Waals surface area contributed by atoms with E-state index in [1.54, 1.807) is 19.1 Å². The fraction of sp³-hybridized carbons (Fsp3) is 0.154. The Morgan fingerprint density at radius 2 is 1.84 bits per heavy atom. The maximum atomic E-state index is 11.7. The molecule has 0 saturated heterocycles. The summed E-state index contributed by atoms with van der Waals surface area (Å²) in [7, 11) is 0. The van der Waals surface area contributed by atoms with Crippen LogP contribution in [0.2, 0.25) is 0 Å². The third kappa shape index (κ3) is 3.67. The van der Waals surface area contributed by atoms with E-state index in [0.29, 0.717) is 12.0 Å².